The van der Waals surface area contributed by atoms with Gasteiger partial charge in [-0.2, -0.15) is 0 Å². The number of alkyl carbamates (subject to hydrolysis) is 1. The van der Waals surface area contributed by atoms with Gasteiger partial charge in [-0.25, -0.2) is 14.4 Å². The van der Waals surface area contributed by atoms with Crippen LogP contribution in [-0.2, 0) is 19.0 Å². The quantitative estimate of drug-likeness (QED) is 0.116. The number of aliphatic hydroxyl groups is 1. The Morgan fingerprint density at radius 3 is 1.74 bits per heavy atom. The number of aliphatic hydroxyl groups excluding tert-OH is 1. The van der Waals surface area contributed by atoms with E-state index < -0.39 is 59.1 Å². The smallest absolute Gasteiger partial charge is 0.427 e. The van der Waals surface area contributed by atoms with Gasteiger partial charge in [0.25, 0.3) is 0 Å². The van der Waals surface area contributed by atoms with E-state index in [0.717, 1.165) is 0 Å². The number of guanidine groups is 1. The fourth-order valence-electron chi connectivity index (χ4n) is 2.65. The molecule has 2 atom stereocenters. The molecule has 0 aromatic heterocycles. The van der Waals surface area contributed by atoms with Gasteiger partial charge >= 0.3 is 18.3 Å². The summed E-state index contributed by atoms with van der Waals surface area (Å²) in [6, 6.07) is -0.810. The number of nitrogens with one attached hydrogen (secondary N) is 2. The lowest BCUT2D eigenvalue weighted by molar-refractivity contribution is -0.120. The Balaban J connectivity index is 5.01. The molecule has 0 aliphatic rings. The Bertz CT molecular complexity index is 814. The summed E-state index contributed by atoms with van der Waals surface area (Å²) in [5, 5.41) is 15.4. The van der Waals surface area contributed by atoms with E-state index in [2.05, 4.69) is 15.6 Å². The molecule has 0 aromatic rings. The average Bonchev–Trinajstić information content (AvgIpc) is 2.67. The summed E-state index contributed by atoms with van der Waals surface area (Å²) in [5.41, 5.74) is 8.89. The second-order valence-electron chi connectivity index (χ2n) is 11.6. The summed E-state index contributed by atoms with van der Waals surface area (Å²) < 4.78 is 15.6. The van der Waals surface area contributed by atoms with Crippen molar-refractivity contribution in [3.63, 3.8) is 0 Å². The van der Waals surface area contributed by atoms with Crippen LogP contribution in [0.3, 0.4) is 0 Å². The van der Waals surface area contributed by atoms with Crippen LogP contribution < -0.4 is 22.1 Å². The number of carbonyl (C=O) groups excluding carboxylic acids is 4. The minimum Gasteiger partial charge on any atom is -0.444 e. The first-order chi connectivity index (χ1) is 17.1. The summed E-state index contributed by atoms with van der Waals surface area (Å²) in [5.74, 6) is -1.08. The van der Waals surface area contributed by atoms with Crippen LogP contribution in [0.15, 0.2) is 4.99 Å². The van der Waals surface area contributed by atoms with Crippen molar-refractivity contribution in [3.05, 3.63) is 0 Å². The number of amides is 4. The van der Waals surface area contributed by atoms with Gasteiger partial charge in [0.2, 0.25) is 11.9 Å². The van der Waals surface area contributed by atoms with Gasteiger partial charge in [-0.05, 0) is 75.2 Å². The van der Waals surface area contributed by atoms with E-state index in [4.69, 9.17) is 25.7 Å². The Kier molecular flexibility index (Phi) is 13.5. The molecule has 0 saturated heterocycles. The van der Waals surface area contributed by atoms with Crippen LogP contribution in [0.1, 0.15) is 75.2 Å². The monoisotopic (exact) mass is 546 g/mol. The zero-order valence-corrected chi connectivity index (χ0v) is 24.0. The van der Waals surface area contributed by atoms with Crippen LogP contribution in [0.4, 0.5) is 14.4 Å². The highest BCUT2D eigenvalue weighted by atomic mass is 16.6. The predicted molar refractivity (Wildman–Crippen MR) is 141 cm³/mol. The van der Waals surface area contributed by atoms with Crippen molar-refractivity contribution in [3.8, 4) is 0 Å². The average molecular weight is 547 g/mol. The lowest BCUT2D eigenvalue weighted by atomic mass is 10.1. The second-order valence-corrected chi connectivity index (χ2v) is 11.6. The first kappa shape index (κ1) is 34.9. The molecule has 38 heavy (non-hydrogen) atoms. The maximum atomic E-state index is 12.6. The minimum atomic E-state index is -1.04. The Morgan fingerprint density at radius 2 is 1.32 bits per heavy atom. The summed E-state index contributed by atoms with van der Waals surface area (Å²) in [4.78, 5) is 53.2. The molecule has 0 rings (SSSR count). The number of aliphatic imine (C=N–C) groups is 1. The number of primary amides is 1. The third kappa shape index (κ3) is 16.6. The number of hydrogen-bond acceptors (Lipinski definition) is 10. The Hall–Kier alpha value is -3.13. The first-order valence-corrected chi connectivity index (χ1v) is 12.3. The topological polar surface area (TPSA) is 208 Å². The van der Waals surface area contributed by atoms with Gasteiger partial charge in [0.05, 0.1) is 12.1 Å². The number of nitrogens with two attached hydrogens (primary N) is 2. The van der Waals surface area contributed by atoms with Crippen molar-refractivity contribution in [2.75, 3.05) is 19.6 Å². The third-order valence-corrected chi connectivity index (χ3v) is 4.13. The molecular weight excluding hydrogens is 500 g/mol. The molecule has 14 heteroatoms. The highest BCUT2D eigenvalue weighted by molar-refractivity contribution is 6.07. The van der Waals surface area contributed by atoms with Gasteiger partial charge in [-0.3, -0.25) is 9.79 Å². The van der Waals surface area contributed by atoms with Crippen molar-refractivity contribution in [1.82, 2.24) is 15.5 Å². The third-order valence-electron chi connectivity index (χ3n) is 4.13. The van der Waals surface area contributed by atoms with E-state index in [9.17, 15) is 24.3 Å². The SMILES string of the molecule is CC(C)(C)OC(=O)NCC(O)CN[C@@H](CCCN=C(N)N(C(=O)OC(C)(C)C)C(=O)OC(C)(C)C)C(N)=O. The normalized spacial score (nSPS) is 14.2. The van der Waals surface area contributed by atoms with Crippen LogP contribution in [0, 0.1) is 0 Å². The molecular formula is C24H46N6O8. The lowest BCUT2D eigenvalue weighted by Gasteiger charge is -2.28. The van der Waals surface area contributed by atoms with E-state index >= 15 is 0 Å². The van der Waals surface area contributed by atoms with E-state index in [1.807, 2.05) is 0 Å². The zero-order chi connectivity index (χ0) is 29.9. The van der Waals surface area contributed by atoms with Crippen LogP contribution in [0.5, 0.6) is 0 Å². The summed E-state index contributed by atoms with van der Waals surface area (Å²) in [6.45, 7) is 14.9. The van der Waals surface area contributed by atoms with E-state index in [0.29, 0.717) is 11.3 Å². The lowest BCUT2D eigenvalue weighted by Crippen LogP contribution is -2.50. The molecule has 14 nitrogen and oxygen atoms in total. The number of hydrogen-bond donors (Lipinski definition) is 5. The standard InChI is InChI=1S/C24H46N6O8/c1-22(2,3)36-19(33)29-14-15(31)13-28-16(17(25)32)11-10-12-27-18(26)30(20(34)37-23(4,5)6)21(35)38-24(7,8)9/h15-16,28,31H,10-14H2,1-9H3,(H2,25,32)(H2,26,27)(H,29,33)/t15?,16-/m0/s1. The van der Waals surface area contributed by atoms with Crippen molar-refractivity contribution in [2.45, 2.75) is 104 Å². The van der Waals surface area contributed by atoms with Gasteiger partial charge in [0, 0.05) is 19.6 Å². The number of carbonyl (C=O) groups is 4. The fraction of sp³-hybridized carbons (Fsp3) is 0.792. The van der Waals surface area contributed by atoms with Crippen molar-refractivity contribution >= 4 is 30.1 Å². The Morgan fingerprint density at radius 1 is 0.842 bits per heavy atom. The summed E-state index contributed by atoms with van der Waals surface area (Å²) in [6.07, 6.45) is -3.25. The minimum absolute atomic E-state index is 0.0279. The van der Waals surface area contributed by atoms with Crippen LogP contribution in [0.25, 0.3) is 0 Å². The van der Waals surface area contributed by atoms with Gasteiger partial charge in [-0.15, -0.1) is 4.90 Å². The van der Waals surface area contributed by atoms with Crippen LogP contribution in [-0.4, -0.2) is 88.7 Å². The van der Waals surface area contributed by atoms with E-state index in [1.165, 1.54) is 0 Å². The molecule has 0 fully saturated rings. The van der Waals surface area contributed by atoms with Gasteiger partial charge in [0.1, 0.15) is 16.8 Å². The molecule has 0 spiro atoms. The molecule has 0 aliphatic heterocycles. The summed E-state index contributed by atoms with van der Waals surface area (Å²) in [7, 11) is 0. The van der Waals surface area contributed by atoms with E-state index in [-0.39, 0.29) is 26.1 Å². The van der Waals surface area contributed by atoms with Gasteiger partial charge < -0.3 is 41.4 Å². The molecule has 0 bridgehead atoms. The maximum Gasteiger partial charge on any atom is 0.427 e. The molecule has 0 aromatic carbocycles. The number of nitrogens with zero attached hydrogens (tertiary/aromatic N) is 2. The maximum absolute atomic E-state index is 12.6. The van der Waals surface area contributed by atoms with E-state index in [1.54, 1.807) is 62.3 Å². The van der Waals surface area contributed by atoms with Gasteiger partial charge in [-0.1, -0.05) is 0 Å². The van der Waals surface area contributed by atoms with Crippen molar-refractivity contribution in [2.24, 2.45) is 16.5 Å². The molecule has 0 radical (unpaired) electrons. The molecule has 1 unspecified atom stereocenters. The first-order valence-electron chi connectivity index (χ1n) is 12.3. The van der Waals surface area contributed by atoms with Crippen molar-refractivity contribution < 1.29 is 38.5 Å². The van der Waals surface area contributed by atoms with Gasteiger partial charge in [0.15, 0.2) is 0 Å². The highest BCUT2D eigenvalue weighted by Crippen LogP contribution is 2.14. The predicted octanol–water partition coefficient (Wildman–Crippen LogP) is 1.58. The second kappa shape index (κ2) is 14.7. The van der Waals surface area contributed by atoms with Crippen molar-refractivity contribution in [1.29, 1.82) is 0 Å². The number of ether oxygens (including phenoxy) is 3. The molecule has 0 heterocycles. The molecule has 220 valence electrons. The molecule has 0 aliphatic carbocycles. The zero-order valence-electron chi connectivity index (χ0n) is 24.0. The summed E-state index contributed by atoms with van der Waals surface area (Å²) >= 11 is 0. The molecule has 7 N–H and O–H groups in total. The fourth-order valence-corrected chi connectivity index (χ4v) is 2.65. The highest BCUT2D eigenvalue weighted by Gasteiger charge is 2.34. The Labute approximate surface area is 224 Å². The molecule has 4 amide bonds. The largest absolute Gasteiger partial charge is 0.444 e. The molecule has 0 saturated carbocycles. The van der Waals surface area contributed by atoms with Crippen LogP contribution in [0.2, 0.25) is 0 Å². The number of imide groups is 1. The van der Waals surface area contributed by atoms with Crippen LogP contribution >= 0.6 is 0 Å². The number of rotatable bonds is 10.